The Morgan fingerprint density at radius 3 is 2.67 bits per heavy atom. The van der Waals surface area contributed by atoms with Crippen LogP contribution in [-0.4, -0.2) is 27.0 Å². The van der Waals surface area contributed by atoms with Gasteiger partial charge in [0.1, 0.15) is 17.4 Å². The third kappa shape index (κ3) is 3.35. The van der Waals surface area contributed by atoms with Crippen molar-refractivity contribution in [1.29, 1.82) is 0 Å². The van der Waals surface area contributed by atoms with Crippen LogP contribution in [0.5, 0.6) is 0 Å². The fourth-order valence-electron chi connectivity index (χ4n) is 2.19. The molecule has 1 atom stereocenters. The fraction of sp³-hybridized carbons (Fsp3) is 0.533. The topological polar surface area (TPSA) is 59.8 Å². The number of nitrogens with one attached hydrogen (secondary N) is 1. The maximum atomic E-state index is 12.3. The number of alkyl halides is 1. The van der Waals surface area contributed by atoms with Crippen molar-refractivity contribution in [3.05, 3.63) is 23.7 Å². The SMILES string of the molecule is Cc1ccc2nc(CCl)n(C(C)C(=O)NCC(C)C)c2n1. The van der Waals surface area contributed by atoms with Gasteiger partial charge < -0.3 is 5.32 Å². The van der Waals surface area contributed by atoms with E-state index in [-0.39, 0.29) is 11.8 Å². The molecule has 0 radical (unpaired) electrons. The first kappa shape index (κ1) is 15.8. The molecule has 0 spiro atoms. The van der Waals surface area contributed by atoms with E-state index in [1.165, 1.54) is 0 Å². The molecule has 6 heteroatoms. The van der Waals surface area contributed by atoms with Crippen molar-refractivity contribution in [1.82, 2.24) is 19.9 Å². The number of hydrogen-bond donors (Lipinski definition) is 1. The van der Waals surface area contributed by atoms with E-state index in [1.54, 1.807) is 0 Å². The Morgan fingerprint density at radius 1 is 1.33 bits per heavy atom. The molecule has 0 fully saturated rings. The highest BCUT2D eigenvalue weighted by Gasteiger charge is 2.22. The Morgan fingerprint density at radius 2 is 2.05 bits per heavy atom. The maximum absolute atomic E-state index is 12.3. The van der Waals surface area contributed by atoms with Gasteiger partial charge in [0.25, 0.3) is 0 Å². The van der Waals surface area contributed by atoms with Crippen LogP contribution in [0.25, 0.3) is 11.2 Å². The molecule has 21 heavy (non-hydrogen) atoms. The van der Waals surface area contributed by atoms with Crippen LogP contribution in [0.2, 0.25) is 0 Å². The fourth-order valence-corrected chi connectivity index (χ4v) is 2.37. The van der Waals surface area contributed by atoms with E-state index in [2.05, 4.69) is 29.1 Å². The number of pyridine rings is 1. The van der Waals surface area contributed by atoms with Crippen LogP contribution in [0.15, 0.2) is 12.1 Å². The summed E-state index contributed by atoms with van der Waals surface area (Å²) in [6.07, 6.45) is 0. The Bertz CT molecular complexity index is 650. The summed E-state index contributed by atoms with van der Waals surface area (Å²) in [5.74, 6) is 1.28. The molecule has 0 saturated carbocycles. The number of carbonyl (C=O) groups is 1. The van der Waals surface area contributed by atoms with Crippen LogP contribution in [0.1, 0.15) is 38.3 Å². The lowest BCUT2D eigenvalue weighted by molar-refractivity contribution is -0.124. The monoisotopic (exact) mass is 308 g/mol. The molecule has 1 amide bonds. The summed E-state index contributed by atoms with van der Waals surface area (Å²) < 4.78 is 1.82. The second-order valence-corrected chi connectivity index (χ2v) is 5.91. The molecule has 0 aliphatic heterocycles. The second kappa shape index (κ2) is 6.43. The van der Waals surface area contributed by atoms with Gasteiger partial charge in [0.15, 0.2) is 5.65 Å². The van der Waals surface area contributed by atoms with Crippen molar-refractivity contribution in [2.24, 2.45) is 5.92 Å². The normalized spacial score (nSPS) is 12.9. The summed E-state index contributed by atoms with van der Waals surface area (Å²) in [5.41, 5.74) is 2.36. The van der Waals surface area contributed by atoms with Crippen LogP contribution in [0, 0.1) is 12.8 Å². The zero-order valence-electron chi connectivity index (χ0n) is 12.9. The number of carbonyl (C=O) groups excluding carboxylic acids is 1. The average molecular weight is 309 g/mol. The molecule has 2 aromatic rings. The molecule has 1 unspecified atom stereocenters. The van der Waals surface area contributed by atoms with Crippen molar-refractivity contribution >= 4 is 28.7 Å². The van der Waals surface area contributed by atoms with Gasteiger partial charge in [0, 0.05) is 12.2 Å². The molecule has 1 N–H and O–H groups in total. The van der Waals surface area contributed by atoms with Crippen molar-refractivity contribution in [2.75, 3.05) is 6.54 Å². The van der Waals surface area contributed by atoms with Crippen molar-refractivity contribution in [2.45, 2.75) is 39.6 Å². The molecule has 2 heterocycles. The first-order valence-electron chi connectivity index (χ1n) is 7.12. The molecule has 0 aliphatic carbocycles. The largest absolute Gasteiger partial charge is 0.354 e. The second-order valence-electron chi connectivity index (χ2n) is 5.64. The lowest BCUT2D eigenvalue weighted by Crippen LogP contribution is -2.34. The third-order valence-electron chi connectivity index (χ3n) is 3.32. The Kier molecular flexibility index (Phi) is 4.83. The van der Waals surface area contributed by atoms with Gasteiger partial charge in [-0.1, -0.05) is 13.8 Å². The van der Waals surface area contributed by atoms with Gasteiger partial charge in [-0.25, -0.2) is 9.97 Å². The number of rotatable bonds is 5. The maximum Gasteiger partial charge on any atom is 0.242 e. The van der Waals surface area contributed by atoms with E-state index in [0.29, 0.717) is 23.9 Å². The zero-order valence-corrected chi connectivity index (χ0v) is 13.6. The highest BCUT2D eigenvalue weighted by Crippen LogP contribution is 2.21. The lowest BCUT2D eigenvalue weighted by Gasteiger charge is -2.17. The number of fused-ring (bicyclic) bond motifs is 1. The number of amides is 1. The van der Waals surface area contributed by atoms with Crippen LogP contribution < -0.4 is 5.32 Å². The lowest BCUT2D eigenvalue weighted by atomic mass is 10.2. The Labute approximate surface area is 129 Å². The number of aromatic nitrogens is 3. The van der Waals surface area contributed by atoms with Gasteiger partial charge in [0.2, 0.25) is 5.91 Å². The van der Waals surface area contributed by atoms with E-state index in [4.69, 9.17) is 11.6 Å². The quantitative estimate of drug-likeness (QED) is 0.864. The molecular weight excluding hydrogens is 288 g/mol. The highest BCUT2D eigenvalue weighted by molar-refractivity contribution is 6.16. The highest BCUT2D eigenvalue weighted by atomic mass is 35.5. The van der Waals surface area contributed by atoms with E-state index in [1.807, 2.05) is 30.5 Å². The molecule has 114 valence electrons. The average Bonchev–Trinajstić information content (AvgIpc) is 2.81. The minimum atomic E-state index is -0.392. The zero-order chi connectivity index (χ0) is 15.6. The summed E-state index contributed by atoms with van der Waals surface area (Å²) in [6.45, 7) is 8.54. The summed E-state index contributed by atoms with van der Waals surface area (Å²) in [7, 11) is 0. The minimum absolute atomic E-state index is 0.0438. The van der Waals surface area contributed by atoms with Crippen LogP contribution in [-0.2, 0) is 10.7 Å². The molecule has 2 aromatic heterocycles. The molecule has 0 saturated heterocycles. The van der Waals surface area contributed by atoms with Gasteiger partial charge in [-0.2, -0.15) is 0 Å². The molecule has 0 aromatic carbocycles. The van der Waals surface area contributed by atoms with Crippen molar-refractivity contribution in [3.8, 4) is 0 Å². The van der Waals surface area contributed by atoms with Crippen molar-refractivity contribution in [3.63, 3.8) is 0 Å². The molecule has 2 rings (SSSR count). The Balaban J connectivity index is 2.39. The molecular formula is C15H21ClN4O. The molecule has 0 bridgehead atoms. The first-order valence-corrected chi connectivity index (χ1v) is 7.65. The van der Waals surface area contributed by atoms with Crippen LogP contribution in [0.4, 0.5) is 0 Å². The number of hydrogen-bond acceptors (Lipinski definition) is 3. The van der Waals surface area contributed by atoms with E-state index in [0.717, 1.165) is 11.2 Å². The van der Waals surface area contributed by atoms with Crippen LogP contribution >= 0.6 is 11.6 Å². The number of nitrogens with zero attached hydrogens (tertiary/aromatic N) is 3. The van der Waals surface area contributed by atoms with E-state index < -0.39 is 6.04 Å². The number of imidazole rings is 1. The Hall–Kier alpha value is -1.62. The van der Waals surface area contributed by atoms with Gasteiger partial charge in [0.05, 0.1) is 5.88 Å². The smallest absolute Gasteiger partial charge is 0.242 e. The first-order chi connectivity index (χ1) is 9.93. The summed E-state index contributed by atoms with van der Waals surface area (Å²) in [4.78, 5) is 21.3. The molecule has 0 aliphatic rings. The summed E-state index contributed by atoms with van der Waals surface area (Å²) >= 11 is 5.98. The van der Waals surface area contributed by atoms with Gasteiger partial charge >= 0.3 is 0 Å². The summed E-state index contributed by atoms with van der Waals surface area (Å²) in [5, 5.41) is 2.94. The van der Waals surface area contributed by atoms with Crippen LogP contribution in [0.3, 0.4) is 0 Å². The minimum Gasteiger partial charge on any atom is -0.354 e. The van der Waals surface area contributed by atoms with Gasteiger partial charge in [-0.3, -0.25) is 9.36 Å². The van der Waals surface area contributed by atoms with Gasteiger partial charge in [-0.15, -0.1) is 11.6 Å². The predicted octanol–water partition coefficient (Wildman–Crippen LogP) is 2.81. The summed E-state index contributed by atoms with van der Waals surface area (Å²) in [6, 6.07) is 3.42. The van der Waals surface area contributed by atoms with Crippen molar-refractivity contribution < 1.29 is 4.79 Å². The van der Waals surface area contributed by atoms with E-state index >= 15 is 0 Å². The van der Waals surface area contributed by atoms with E-state index in [9.17, 15) is 4.79 Å². The number of halogens is 1. The third-order valence-corrected chi connectivity index (χ3v) is 3.56. The standard InChI is InChI=1S/C15H21ClN4O/c1-9(2)8-17-15(21)11(4)20-13(7-16)19-12-6-5-10(3)18-14(12)20/h5-6,9,11H,7-8H2,1-4H3,(H,17,21). The predicted molar refractivity (Wildman–Crippen MR) is 84.4 cm³/mol. The number of aryl methyl sites for hydroxylation is 1. The molecule has 5 nitrogen and oxygen atoms in total. The van der Waals surface area contributed by atoms with Gasteiger partial charge in [-0.05, 0) is 31.9 Å².